The van der Waals surface area contributed by atoms with Gasteiger partial charge < -0.3 is 10.4 Å². The van der Waals surface area contributed by atoms with Crippen molar-refractivity contribution in [2.75, 3.05) is 5.33 Å². The van der Waals surface area contributed by atoms with Crippen LogP contribution in [0.1, 0.15) is 30.6 Å². The second-order valence-corrected chi connectivity index (χ2v) is 5.09. The van der Waals surface area contributed by atoms with Crippen LogP contribution < -0.4 is 5.32 Å². The van der Waals surface area contributed by atoms with E-state index < -0.39 is 0 Å². The van der Waals surface area contributed by atoms with E-state index in [1.54, 1.807) is 18.2 Å². The van der Waals surface area contributed by atoms with Gasteiger partial charge in [-0.2, -0.15) is 0 Å². The van der Waals surface area contributed by atoms with E-state index >= 15 is 0 Å². The number of carbonyl (C=O) groups excluding carboxylic acids is 1. The summed E-state index contributed by atoms with van der Waals surface area (Å²) < 4.78 is 0. The lowest BCUT2D eigenvalue weighted by Gasteiger charge is -2.25. The molecule has 1 amide bonds. The highest BCUT2D eigenvalue weighted by Crippen LogP contribution is 2.17. The molecule has 1 aromatic carbocycles. The maximum absolute atomic E-state index is 11.9. The van der Waals surface area contributed by atoms with Crippen molar-refractivity contribution >= 4 is 21.8 Å². The summed E-state index contributed by atoms with van der Waals surface area (Å²) in [7, 11) is 0. The van der Waals surface area contributed by atoms with E-state index in [0.29, 0.717) is 5.56 Å². The molecule has 1 aromatic rings. The molecule has 3 nitrogen and oxygen atoms in total. The summed E-state index contributed by atoms with van der Waals surface area (Å²) in [6.45, 7) is 3.90. The fraction of sp³-hybridized carbons (Fsp3) is 0.417. The van der Waals surface area contributed by atoms with Gasteiger partial charge in [0, 0.05) is 10.9 Å². The van der Waals surface area contributed by atoms with E-state index in [2.05, 4.69) is 21.2 Å². The second kappa shape index (κ2) is 5.34. The van der Waals surface area contributed by atoms with Crippen LogP contribution >= 0.6 is 15.9 Å². The van der Waals surface area contributed by atoms with Crippen LogP contribution in [0.4, 0.5) is 0 Å². The van der Waals surface area contributed by atoms with Crippen LogP contribution in [0.25, 0.3) is 0 Å². The number of benzene rings is 1. The molecule has 0 aliphatic rings. The number of para-hydroxylation sites is 1. The van der Waals surface area contributed by atoms with Gasteiger partial charge in [0.1, 0.15) is 5.75 Å². The lowest BCUT2D eigenvalue weighted by atomic mass is 10.0. The number of rotatable bonds is 4. The maximum Gasteiger partial charge on any atom is 0.255 e. The van der Waals surface area contributed by atoms with E-state index in [4.69, 9.17) is 0 Å². The van der Waals surface area contributed by atoms with Gasteiger partial charge in [-0.3, -0.25) is 4.79 Å². The molecule has 0 heterocycles. The number of aromatic hydroxyl groups is 1. The highest BCUT2D eigenvalue weighted by atomic mass is 79.9. The molecule has 0 fully saturated rings. The number of halogens is 1. The molecular formula is C12H16BrNO2. The number of phenols is 1. The normalized spacial score (nSPS) is 11.2. The molecule has 0 saturated carbocycles. The number of phenolic OH excluding ortho intramolecular Hbond substituents is 1. The van der Waals surface area contributed by atoms with Gasteiger partial charge in [-0.25, -0.2) is 0 Å². The van der Waals surface area contributed by atoms with Gasteiger partial charge in [0.25, 0.3) is 5.91 Å². The highest BCUT2D eigenvalue weighted by Gasteiger charge is 2.21. The Kier molecular flexibility index (Phi) is 4.35. The van der Waals surface area contributed by atoms with Crippen LogP contribution in [0.15, 0.2) is 24.3 Å². The van der Waals surface area contributed by atoms with Gasteiger partial charge in [-0.15, -0.1) is 0 Å². The zero-order valence-electron chi connectivity index (χ0n) is 9.46. The molecule has 0 atom stereocenters. The Morgan fingerprint density at radius 1 is 1.44 bits per heavy atom. The minimum atomic E-state index is -0.289. The second-order valence-electron chi connectivity index (χ2n) is 4.29. The van der Waals surface area contributed by atoms with E-state index in [1.807, 2.05) is 13.8 Å². The lowest BCUT2D eigenvalue weighted by molar-refractivity contribution is 0.0909. The molecule has 0 aromatic heterocycles. The fourth-order valence-electron chi connectivity index (χ4n) is 1.34. The van der Waals surface area contributed by atoms with E-state index in [0.717, 1.165) is 11.8 Å². The Morgan fingerprint density at radius 2 is 2.06 bits per heavy atom. The smallest absolute Gasteiger partial charge is 0.255 e. The van der Waals surface area contributed by atoms with Crippen molar-refractivity contribution in [1.29, 1.82) is 0 Å². The third-order valence-electron chi connectivity index (χ3n) is 2.32. The summed E-state index contributed by atoms with van der Waals surface area (Å²) in [6.07, 6.45) is 0.826. The third-order valence-corrected chi connectivity index (χ3v) is 2.72. The molecule has 4 heteroatoms. The monoisotopic (exact) mass is 285 g/mol. The Balaban J connectivity index is 2.77. The maximum atomic E-state index is 11.9. The van der Waals surface area contributed by atoms with Crippen molar-refractivity contribution in [2.45, 2.75) is 25.8 Å². The summed E-state index contributed by atoms with van der Waals surface area (Å²) in [5, 5.41) is 13.2. The van der Waals surface area contributed by atoms with Crippen molar-refractivity contribution in [3.05, 3.63) is 29.8 Å². The van der Waals surface area contributed by atoms with Crippen LogP contribution in [-0.2, 0) is 0 Å². The number of nitrogens with one attached hydrogen (secondary N) is 1. The minimum absolute atomic E-state index is 0.00893. The summed E-state index contributed by atoms with van der Waals surface area (Å²) in [5.41, 5.74) is 0.0215. The van der Waals surface area contributed by atoms with Gasteiger partial charge >= 0.3 is 0 Å². The number of alkyl halides is 1. The Bertz CT molecular complexity index is 377. The van der Waals surface area contributed by atoms with Crippen LogP contribution in [0.2, 0.25) is 0 Å². The van der Waals surface area contributed by atoms with Crippen LogP contribution in [-0.4, -0.2) is 21.9 Å². The first-order valence-electron chi connectivity index (χ1n) is 5.13. The highest BCUT2D eigenvalue weighted by molar-refractivity contribution is 9.09. The van der Waals surface area contributed by atoms with E-state index in [1.165, 1.54) is 6.07 Å². The molecule has 0 bridgehead atoms. The Labute approximate surface area is 104 Å². The summed E-state index contributed by atoms with van der Waals surface area (Å²) in [4.78, 5) is 11.9. The van der Waals surface area contributed by atoms with E-state index in [-0.39, 0.29) is 17.2 Å². The zero-order chi connectivity index (χ0) is 12.2. The molecule has 0 aliphatic carbocycles. The van der Waals surface area contributed by atoms with E-state index in [9.17, 15) is 9.90 Å². The quantitative estimate of drug-likeness (QED) is 0.836. The van der Waals surface area contributed by atoms with Crippen molar-refractivity contribution in [3.63, 3.8) is 0 Å². The first kappa shape index (κ1) is 13.0. The molecule has 0 saturated heterocycles. The summed E-state index contributed by atoms with van der Waals surface area (Å²) in [5.74, 6) is -0.237. The first-order chi connectivity index (χ1) is 7.46. The SMILES string of the molecule is CC(C)(CCBr)NC(=O)c1ccccc1O. The number of carbonyl (C=O) groups is 1. The Hall–Kier alpha value is -1.03. The number of amides is 1. The van der Waals surface area contributed by atoms with Crippen molar-refractivity contribution in [2.24, 2.45) is 0 Å². The van der Waals surface area contributed by atoms with Gasteiger partial charge in [-0.05, 0) is 32.4 Å². The largest absolute Gasteiger partial charge is 0.507 e. The zero-order valence-corrected chi connectivity index (χ0v) is 11.0. The minimum Gasteiger partial charge on any atom is -0.507 e. The third kappa shape index (κ3) is 3.52. The van der Waals surface area contributed by atoms with Crippen molar-refractivity contribution < 1.29 is 9.90 Å². The lowest BCUT2D eigenvalue weighted by Crippen LogP contribution is -2.43. The van der Waals surface area contributed by atoms with Gasteiger partial charge in [0.05, 0.1) is 5.56 Å². The van der Waals surface area contributed by atoms with Crippen molar-refractivity contribution in [3.8, 4) is 5.75 Å². The average molecular weight is 286 g/mol. The molecule has 88 valence electrons. The van der Waals surface area contributed by atoms with Crippen molar-refractivity contribution in [1.82, 2.24) is 5.32 Å². The summed E-state index contributed by atoms with van der Waals surface area (Å²) in [6, 6.07) is 6.53. The van der Waals surface area contributed by atoms with Gasteiger partial charge in [0.15, 0.2) is 0 Å². The number of hydrogen-bond acceptors (Lipinski definition) is 2. The van der Waals surface area contributed by atoms with Gasteiger partial charge in [-0.1, -0.05) is 28.1 Å². The molecule has 16 heavy (non-hydrogen) atoms. The molecule has 0 spiro atoms. The fourth-order valence-corrected chi connectivity index (χ4v) is 2.33. The topological polar surface area (TPSA) is 49.3 Å². The molecule has 1 rings (SSSR count). The standard InChI is InChI=1S/C12H16BrNO2/c1-12(2,7-8-13)14-11(16)9-5-3-4-6-10(9)15/h3-6,15H,7-8H2,1-2H3,(H,14,16). The van der Waals surface area contributed by atoms with Gasteiger partial charge in [0.2, 0.25) is 0 Å². The summed E-state index contributed by atoms with van der Waals surface area (Å²) >= 11 is 3.35. The molecule has 0 unspecified atom stereocenters. The van der Waals surface area contributed by atoms with Crippen LogP contribution in [0.3, 0.4) is 0 Å². The average Bonchev–Trinajstić information content (AvgIpc) is 2.17. The molecule has 2 N–H and O–H groups in total. The molecular weight excluding hydrogens is 270 g/mol. The molecule has 0 radical (unpaired) electrons. The number of hydrogen-bond donors (Lipinski definition) is 2. The van der Waals surface area contributed by atoms with Crippen LogP contribution in [0.5, 0.6) is 5.75 Å². The Morgan fingerprint density at radius 3 is 2.62 bits per heavy atom. The predicted octanol–water partition coefficient (Wildman–Crippen LogP) is 2.69. The predicted molar refractivity (Wildman–Crippen MR) is 68.1 cm³/mol. The van der Waals surface area contributed by atoms with Crippen LogP contribution in [0, 0.1) is 0 Å². The molecule has 0 aliphatic heterocycles. The first-order valence-corrected chi connectivity index (χ1v) is 6.25.